The predicted molar refractivity (Wildman–Crippen MR) is 87.6 cm³/mol. The molecule has 0 atom stereocenters. The second kappa shape index (κ2) is 6.80. The maximum atomic E-state index is 12.4. The van der Waals surface area contributed by atoms with E-state index in [-0.39, 0.29) is 30.4 Å². The smallest absolute Gasteiger partial charge is 0.242 e. The third-order valence-electron chi connectivity index (χ3n) is 6.24. The number of amides is 2. The summed E-state index contributed by atoms with van der Waals surface area (Å²) in [7, 11) is 0. The maximum Gasteiger partial charge on any atom is 0.242 e. The maximum absolute atomic E-state index is 12.4. The highest BCUT2D eigenvalue weighted by atomic mass is 16.3. The lowest BCUT2D eigenvalue weighted by Crippen LogP contribution is -2.48. The first-order chi connectivity index (χ1) is 11.0. The van der Waals surface area contributed by atoms with Crippen molar-refractivity contribution in [3.8, 4) is 0 Å². The minimum atomic E-state index is -0.111. The van der Waals surface area contributed by atoms with E-state index in [4.69, 9.17) is 5.11 Å². The zero-order valence-electron chi connectivity index (χ0n) is 14.2. The molecule has 0 aliphatic heterocycles. The molecule has 130 valence electrons. The number of rotatable bonds is 7. The fraction of sp³-hybridized carbons (Fsp3) is 0.889. The molecule has 2 N–H and O–H groups in total. The number of carbonyl (C=O) groups is 2. The van der Waals surface area contributed by atoms with E-state index >= 15 is 0 Å². The first-order valence-electron chi connectivity index (χ1n) is 9.19. The lowest BCUT2D eigenvalue weighted by Gasteiger charge is -2.56. The Labute approximate surface area is 138 Å². The number of nitrogens with zero attached hydrogens (tertiary/aromatic N) is 1. The average Bonchev–Trinajstić information content (AvgIpc) is 2.48. The van der Waals surface area contributed by atoms with Crippen LogP contribution >= 0.6 is 0 Å². The first-order valence-corrected chi connectivity index (χ1v) is 9.19. The SMILES string of the molecule is CCN(CCO)C(=O)CNC(=O)CC12CC3CC(CC(C3)C1)C2. The molecule has 0 heterocycles. The van der Waals surface area contributed by atoms with E-state index in [0.29, 0.717) is 19.5 Å². The van der Waals surface area contributed by atoms with E-state index in [2.05, 4.69) is 5.32 Å². The quantitative estimate of drug-likeness (QED) is 0.747. The van der Waals surface area contributed by atoms with E-state index in [9.17, 15) is 9.59 Å². The van der Waals surface area contributed by atoms with Crippen molar-refractivity contribution in [2.45, 2.75) is 51.9 Å². The molecule has 0 aromatic carbocycles. The average molecular weight is 322 g/mol. The van der Waals surface area contributed by atoms with Crippen molar-refractivity contribution in [3.05, 3.63) is 0 Å². The van der Waals surface area contributed by atoms with Crippen LogP contribution in [-0.4, -0.2) is 48.1 Å². The van der Waals surface area contributed by atoms with Gasteiger partial charge >= 0.3 is 0 Å². The van der Waals surface area contributed by atoms with Crippen LogP contribution in [0.2, 0.25) is 0 Å². The Kier molecular flexibility index (Phi) is 4.95. The monoisotopic (exact) mass is 322 g/mol. The third-order valence-corrected chi connectivity index (χ3v) is 6.24. The molecular formula is C18H30N2O3. The number of nitrogens with one attached hydrogen (secondary N) is 1. The lowest BCUT2D eigenvalue weighted by molar-refractivity contribution is -0.135. The molecule has 23 heavy (non-hydrogen) atoms. The van der Waals surface area contributed by atoms with Crippen molar-refractivity contribution in [1.29, 1.82) is 0 Å². The first kappa shape index (κ1) is 16.7. The van der Waals surface area contributed by atoms with Gasteiger partial charge in [-0.15, -0.1) is 0 Å². The molecule has 4 saturated carbocycles. The highest BCUT2D eigenvalue weighted by molar-refractivity contribution is 5.85. The van der Waals surface area contributed by atoms with E-state index in [0.717, 1.165) is 17.8 Å². The Hall–Kier alpha value is -1.10. The second-order valence-electron chi connectivity index (χ2n) is 8.07. The Morgan fingerprint density at radius 2 is 1.70 bits per heavy atom. The van der Waals surface area contributed by atoms with Crippen molar-refractivity contribution in [2.24, 2.45) is 23.2 Å². The standard InChI is InChI=1S/C18H30N2O3/c1-2-20(3-4-21)17(23)12-19-16(22)11-18-8-13-5-14(9-18)7-15(6-13)10-18/h13-15,21H,2-12H2,1H3,(H,19,22). The predicted octanol–water partition coefficient (Wildman–Crippen LogP) is 1.55. The van der Waals surface area contributed by atoms with Gasteiger partial charge in [0.25, 0.3) is 0 Å². The number of carbonyl (C=O) groups excluding carboxylic acids is 2. The molecule has 0 aromatic rings. The van der Waals surface area contributed by atoms with Crippen LogP contribution in [0.1, 0.15) is 51.9 Å². The molecule has 5 nitrogen and oxygen atoms in total. The summed E-state index contributed by atoms with van der Waals surface area (Å²) in [5.41, 5.74) is 0.220. The molecule has 0 radical (unpaired) electrons. The lowest BCUT2D eigenvalue weighted by atomic mass is 9.49. The van der Waals surface area contributed by atoms with Crippen LogP contribution in [0, 0.1) is 23.2 Å². The molecule has 4 aliphatic carbocycles. The topological polar surface area (TPSA) is 69.6 Å². The Bertz CT molecular complexity index is 428. The number of aliphatic hydroxyl groups excluding tert-OH is 1. The molecule has 2 amide bonds. The molecule has 0 spiro atoms. The Morgan fingerprint density at radius 1 is 1.13 bits per heavy atom. The van der Waals surface area contributed by atoms with Gasteiger partial charge < -0.3 is 15.3 Å². The second-order valence-corrected chi connectivity index (χ2v) is 8.07. The number of hydrogen-bond acceptors (Lipinski definition) is 3. The summed E-state index contributed by atoms with van der Waals surface area (Å²) in [5, 5.41) is 11.8. The molecule has 4 aliphatic rings. The Morgan fingerprint density at radius 3 is 2.17 bits per heavy atom. The highest BCUT2D eigenvalue weighted by Gasteiger charge is 2.51. The summed E-state index contributed by atoms with van der Waals surface area (Å²) in [6, 6.07) is 0. The van der Waals surface area contributed by atoms with Gasteiger partial charge in [0.1, 0.15) is 0 Å². The van der Waals surface area contributed by atoms with Gasteiger partial charge in [0, 0.05) is 19.5 Å². The van der Waals surface area contributed by atoms with Gasteiger partial charge in [0.15, 0.2) is 0 Å². The summed E-state index contributed by atoms with van der Waals surface area (Å²) in [6.45, 7) is 2.79. The highest BCUT2D eigenvalue weighted by Crippen LogP contribution is 2.61. The van der Waals surface area contributed by atoms with Crippen LogP contribution in [0.4, 0.5) is 0 Å². The van der Waals surface area contributed by atoms with Crippen molar-refractivity contribution in [3.63, 3.8) is 0 Å². The zero-order chi connectivity index (χ0) is 16.4. The van der Waals surface area contributed by atoms with E-state index in [1.807, 2.05) is 6.92 Å². The van der Waals surface area contributed by atoms with Crippen LogP contribution < -0.4 is 5.32 Å². The fourth-order valence-corrected chi connectivity index (χ4v) is 5.78. The zero-order valence-corrected chi connectivity index (χ0v) is 14.2. The molecular weight excluding hydrogens is 292 g/mol. The summed E-state index contributed by atoms with van der Waals surface area (Å²) >= 11 is 0. The van der Waals surface area contributed by atoms with Crippen LogP contribution in [-0.2, 0) is 9.59 Å². The summed E-state index contributed by atoms with van der Waals surface area (Å²) < 4.78 is 0. The van der Waals surface area contributed by atoms with Gasteiger partial charge in [-0.2, -0.15) is 0 Å². The van der Waals surface area contributed by atoms with E-state index in [1.165, 1.54) is 38.5 Å². The van der Waals surface area contributed by atoms with Gasteiger partial charge in [0.05, 0.1) is 13.2 Å². The van der Waals surface area contributed by atoms with Crippen LogP contribution in [0.3, 0.4) is 0 Å². The molecule has 4 bridgehead atoms. The minimum absolute atomic E-state index is 0.0281. The van der Waals surface area contributed by atoms with Crippen LogP contribution in [0.15, 0.2) is 0 Å². The molecule has 4 rings (SSSR count). The molecule has 4 fully saturated rings. The summed E-state index contributed by atoms with van der Waals surface area (Å²) in [5.74, 6) is 2.45. The van der Waals surface area contributed by atoms with Crippen molar-refractivity contribution in [2.75, 3.05) is 26.2 Å². The molecule has 0 unspecified atom stereocenters. The van der Waals surface area contributed by atoms with E-state index in [1.54, 1.807) is 4.90 Å². The number of likely N-dealkylation sites (N-methyl/N-ethyl adjacent to an activating group) is 1. The van der Waals surface area contributed by atoms with Crippen LogP contribution in [0.25, 0.3) is 0 Å². The van der Waals surface area contributed by atoms with Crippen molar-refractivity contribution in [1.82, 2.24) is 10.2 Å². The van der Waals surface area contributed by atoms with Crippen molar-refractivity contribution < 1.29 is 14.7 Å². The summed E-state index contributed by atoms with van der Waals surface area (Å²) in [6.07, 6.45) is 8.38. The number of hydrogen-bond donors (Lipinski definition) is 2. The molecule has 0 saturated heterocycles. The van der Waals surface area contributed by atoms with Gasteiger partial charge in [-0.1, -0.05) is 0 Å². The normalized spacial score (nSPS) is 34.4. The van der Waals surface area contributed by atoms with Gasteiger partial charge in [-0.05, 0) is 68.6 Å². The fourth-order valence-electron chi connectivity index (χ4n) is 5.78. The minimum Gasteiger partial charge on any atom is -0.395 e. The Balaban J connectivity index is 1.49. The summed E-state index contributed by atoms with van der Waals surface area (Å²) in [4.78, 5) is 26.0. The van der Waals surface area contributed by atoms with Gasteiger partial charge in [0.2, 0.25) is 11.8 Å². The van der Waals surface area contributed by atoms with E-state index < -0.39 is 0 Å². The van der Waals surface area contributed by atoms with Crippen LogP contribution in [0.5, 0.6) is 0 Å². The molecule has 0 aromatic heterocycles. The number of aliphatic hydroxyl groups is 1. The van der Waals surface area contributed by atoms with Gasteiger partial charge in [-0.25, -0.2) is 0 Å². The van der Waals surface area contributed by atoms with Crippen molar-refractivity contribution >= 4 is 11.8 Å². The largest absolute Gasteiger partial charge is 0.395 e. The van der Waals surface area contributed by atoms with Gasteiger partial charge in [-0.3, -0.25) is 9.59 Å². The molecule has 5 heteroatoms. The third kappa shape index (κ3) is 3.70.